The van der Waals surface area contributed by atoms with Crippen LogP contribution in [0.4, 0.5) is 0 Å². The molecule has 1 heterocycles. The molecule has 0 unspecified atom stereocenters. The van der Waals surface area contributed by atoms with Crippen molar-refractivity contribution in [2.45, 2.75) is 13.5 Å². The summed E-state index contributed by atoms with van der Waals surface area (Å²) < 4.78 is 5.55. The van der Waals surface area contributed by atoms with E-state index in [0.29, 0.717) is 5.69 Å². The molecule has 88 valence electrons. The van der Waals surface area contributed by atoms with E-state index in [9.17, 15) is 4.79 Å². The van der Waals surface area contributed by atoms with Crippen molar-refractivity contribution in [1.29, 1.82) is 0 Å². The SMILES string of the molecule is Cc1ccccc1OCc1ncsc1C(=O)O. The molecule has 0 aliphatic rings. The zero-order valence-electron chi connectivity index (χ0n) is 9.21. The van der Waals surface area contributed by atoms with Gasteiger partial charge in [0.2, 0.25) is 0 Å². The van der Waals surface area contributed by atoms with Crippen molar-refractivity contribution in [2.75, 3.05) is 0 Å². The van der Waals surface area contributed by atoms with Crippen LogP contribution in [0.2, 0.25) is 0 Å². The third-order valence-electron chi connectivity index (χ3n) is 2.29. The van der Waals surface area contributed by atoms with Crippen molar-refractivity contribution < 1.29 is 14.6 Å². The van der Waals surface area contributed by atoms with Crippen LogP contribution in [-0.2, 0) is 6.61 Å². The molecule has 1 aromatic carbocycles. The molecule has 0 bridgehead atoms. The van der Waals surface area contributed by atoms with E-state index >= 15 is 0 Å². The van der Waals surface area contributed by atoms with Crippen LogP contribution in [0.3, 0.4) is 0 Å². The quantitative estimate of drug-likeness (QED) is 0.905. The van der Waals surface area contributed by atoms with E-state index in [1.54, 1.807) is 0 Å². The van der Waals surface area contributed by atoms with Gasteiger partial charge in [-0.05, 0) is 18.6 Å². The van der Waals surface area contributed by atoms with E-state index < -0.39 is 5.97 Å². The number of ether oxygens (including phenoxy) is 1. The molecule has 0 fully saturated rings. The van der Waals surface area contributed by atoms with Gasteiger partial charge in [0, 0.05) is 0 Å². The molecule has 4 nitrogen and oxygen atoms in total. The predicted octanol–water partition coefficient (Wildman–Crippen LogP) is 2.73. The van der Waals surface area contributed by atoms with Gasteiger partial charge in [-0.2, -0.15) is 0 Å². The van der Waals surface area contributed by atoms with Gasteiger partial charge in [-0.25, -0.2) is 9.78 Å². The molecular weight excluding hydrogens is 238 g/mol. The third-order valence-corrected chi connectivity index (χ3v) is 3.15. The lowest BCUT2D eigenvalue weighted by Gasteiger charge is -2.07. The maximum Gasteiger partial charge on any atom is 0.347 e. The van der Waals surface area contributed by atoms with Gasteiger partial charge in [0.25, 0.3) is 0 Å². The molecule has 0 amide bonds. The summed E-state index contributed by atoms with van der Waals surface area (Å²) in [5.74, 6) is -0.215. The van der Waals surface area contributed by atoms with E-state index in [2.05, 4.69) is 4.98 Å². The lowest BCUT2D eigenvalue weighted by atomic mass is 10.2. The molecular formula is C12H11NO3S. The first-order valence-electron chi connectivity index (χ1n) is 5.02. The molecule has 5 heteroatoms. The number of aryl methyl sites for hydroxylation is 1. The van der Waals surface area contributed by atoms with Gasteiger partial charge >= 0.3 is 5.97 Å². The van der Waals surface area contributed by atoms with E-state index in [-0.39, 0.29) is 11.5 Å². The van der Waals surface area contributed by atoms with Gasteiger partial charge in [0.1, 0.15) is 22.9 Å². The largest absolute Gasteiger partial charge is 0.487 e. The molecule has 1 N–H and O–H groups in total. The fourth-order valence-electron chi connectivity index (χ4n) is 1.41. The molecule has 0 spiro atoms. The van der Waals surface area contributed by atoms with Crippen LogP contribution in [0.1, 0.15) is 20.9 Å². The van der Waals surface area contributed by atoms with Crippen LogP contribution in [0.25, 0.3) is 0 Å². The highest BCUT2D eigenvalue weighted by Gasteiger charge is 2.13. The number of nitrogens with zero attached hydrogens (tertiary/aromatic N) is 1. The zero-order valence-corrected chi connectivity index (χ0v) is 10.0. The van der Waals surface area contributed by atoms with Crippen LogP contribution in [0, 0.1) is 6.92 Å². The number of aromatic carboxylic acids is 1. The molecule has 2 rings (SSSR count). The van der Waals surface area contributed by atoms with Gasteiger partial charge in [-0.3, -0.25) is 0 Å². The molecule has 0 saturated carbocycles. The lowest BCUT2D eigenvalue weighted by Crippen LogP contribution is -2.03. The number of para-hydroxylation sites is 1. The molecule has 0 aliphatic carbocycles. The lowest BCUT2D eigenvalue weighted by molar-refractivity contribution is 0.0699. The minimum atomic E-state index is -0.962. The number of carboxylic acids is 1. The maximum atomic E-state index is 10.9. The second-order valence-corrected chi connectivity index (χ2v) is 4.34. The van der Waals surface area contributed by atoms with Gasteiger partial charge in [-0.1, -0.05) is 18.2 Å². The Bertz CT molecular complexity index is 536. The summed E-state index contributed by atoms with van der Waals surface area (Å²) in [4.78, 5) is 15.1. The summed E-state index contributed by atoms with van der Waals surface area (Å²) in [5.41, 5.74) is 2.99. The normalized spacial score (nSPS) is 10.2. The Kier molecular flexibility index (Phi) is 3.39. The summed E-state index contributed by atoms with van der Waals surface area (Å²) in [6, 6.07) is 7.59. The predicted molar refractivity (Wildman–Crippen MR) is 64.6 cm³/mol. The minimum Gasteiger partial charge on any atom is -0.487 e. The average Bonchev–Trinajstić information content (AvgIpc) is 2.76. The number of carbonyl (C=O) groups is 1. The fourth-order valence-corrected chi connectivity index (χ4v) is 2.04. The summed E-state index contributed by atoms with van der Waals surface area (Å²) in [7, 11) is 0. The number of hydrogen-bond acceptors (Lipinski definition) is 4. The molecule has 0 atom stereocenters. The highest BCUT2D eigenvalue weighted by atomic mass is 32.1. The Morgan fingerprint density at radius 1 is 1.47 bits per heavy atom. The van der Waals surface area contributed by atoms with Crippen LogP contribution >= 0.6 is 11.3 Å². The Morgan fingerprint density at radius 3 is 2.94 bits per heavy atom. The van der Waals surface area contributed by atoms with Crippen molar-refractivity contribution in [1.82, 2.24) is 4.98 Å². The molecule has 0 saturated heterocycles. The fraction of sp³-hybridized carbons (Fsp3) is 0.167. The van der Waals surface area contributed by atoms with E-state index in [4.69, 9.17) is 9.84 Å². The van der Waals surface area contributed by atoms with E-state index in [1.807, 2.05) is 31.2 Å². The van der Waals surface area contributed by atoms with Crippen LogP contribution in [-0.4, -0.2) is 16.1 Å². The topological polar surface area (TPSA) is 59.4 Å². The van der Waals surface area contributed by atoms with Gasteiger partial charge < -0.3 is 9.84 Å². The first-order valence-corrected chi connectivity index (χ1v) is 5.90. The number of aromatic nitrogens is 1. The van der Waals surface area contributed by atoms with Gasteiger partial charge in [-0.15, -0.1) is 11.3 Å². The van der Waals surface area contributed by atoms with Crippen LogP contribution < -0.4 is 4.74 Å². The number of benzene rings is 1. The number of rotatable bonds is 4. The average molecular weight is 249 g/mol. The molecule has 17 heavy (non-hydrogen) atoms. The van der Waals surface area contributed by atoms with Crippen molar-refractivity contribution in [3.05, 3.63) is 45.9 Å². The van der Waals surface area contributed by atoms with Crippen molar-refractivity contribution >= 4 is 17.3 Å². The van der Waals surface area contributed by atoms with Gasteiger partial charge in [0.15, 0.2) is 0 Å². The van der Waals surface area contributed by atoms with Gasteiger partial charge in [0.05, 0.1) is 5.51 Å². The smallest absolute Gasteiger partial charge is 0.347 e. The van der Waals surface area contributed by atoms with Crippen molar-refractivity contribution in [3.8, 4) is 5.75 Å². The summed E-state index contributed by atoms with van der Waals surface area (Å²) >= 11 is 1.11. The van der Waals surface area contributed by atoms with E-state index in [0.717, 1.165) is 22.6 Å². The van der Waals surface area contributed by atoms with Crippen molar-refractivity contribution in [3.63, 3.8) is 0 Å². The molecule has 0 radical (unpaired) electrons. The van der Waals surface area contributed by atoms with Crippen molar-refractivity contribution in [2.24, 2.45) is 0 Å². The Labute approximate surface area is 103 Å². The Balaban J connectivity index is 2.10. The number of thiazole rings is 1. The number of carboxylic acid groups (broad SMARTS) is 1. The monoisotopic (exact) mass is 249 g/mol. The summed E-state index contributed by atoms with van der Waals surface area (Å²) in [5, 5.41) is 8.92. The molecule has 2 aromatic rings. The summed E-state index contributed by atoms with van der Waals surface area (Å²) in [6.07, 6.45) is 0. The Hall–Kier alpha value is -1.88. The second-order valence-electron chi connectivity index (χ2n) is 3.49. The highest BCUT2D eigenvalue weighted by Crippen LogP contribution is 2.20. The number of hydrogen-bond donors (Lipinski definition) is 1. The standard InChI is InChI=1S/C12H11NO3S/c1-8-4-2-3-5-10(8)16-6-9-11(12(14)15)17-7-13-9/h2-5,7H,6H2,1H3,(H,14,15). The summed E-state index contributed by atoms with van der Waals surface area (Å²) in [6.45, 7) is 2.12. The molecule has 0 aliphatic heterocycles. The van der Waals surface area contributed by atoms with Crippen LogP contribution in [0.5, 0.6) is 5.75 Å². The zero-order chi connectivity index (χ0) is 12.3. The third kappa shape index (κ3) is 2.62. The molecule has 1 aromatic heterocycles. The maximum absolute atomic E-state index is 10.9. The second kappa shape index (κ2) is 4.97. The first-order chi connectivity index (χ1) is 8.18. The minimum absolute atomic E-state index is 0.177. The highest BCUT2D eigenvalue weighted by molar-refractivity contribution is 7.11. The first kappa shape index (κ1) is 11.6. The van der Waals surface area contributed by atoms with E-state index in [1.165, 1.54) is 5.51 Å². The van der Waals surface area contributed by atoms with Crippen LogP contribution in [0.15, 0.2) is 29.8 Å². The Morgan fingerprint density at radius 2 is 2.24 bits per heavy atom.